The van der Waals surface area contributed by atoms with Crippen molar-refractivity contribution in [1.29, 1.82) is 0 Å². The first-order valence-corrected chi connectivity index (χ1v) is 9.08. The van der Waals surface area contributed by atoms with E-state index in [2.05, 4.69) is 5.16 Å². The molecule has 1 atom stereocenters. The molecule has 0 fully saturated rings. The van der Waals surface area contributed by atoms with Gasteiger partial charge in [-0.3, -0.25) is 0 Å². The summed E-state index contributed by atoms with van der Waals surface area (Å²) in [5.41, 5.74) is 3.34. The van der Waals surface area contributed by atoms with Crippen molar-refractivity contribution in [3.8, 4) is 0 Å². The van der Waals surface area contributed by atoms with Gasteiger partial charge in [0.05, 0.1) is 17.9 Å². The number of halogens is 2. The summed E-state index contributed by atoms with van der Waals surface area (Å²) in [5, 5.41) is 5.37. The molecule has 3 rings (SSSR count). The number of benzene rings is 2. The number of carbonyl (C=O) groups excluding carboxylic acids is 1. The fourth-order valence-electron chi connectivity index (χ4n) is 2.99. The fourth-order valence-corrected chi connectivity index (χ4v) is 3.52. The van der Waals surface area contributed by atoms with Crippen molar-refractivity contribution in [2.24, 2.45) is 5.16 Å². The van der Waals surface area contributed by atoms with Crippen LogP contribution < -0.4 is 0 Å². The summed E-state index contributed by atoms with van der Waals surface area (Å²) in [6.07, 6.45) is 0.571. The summed E-state index contributed by atoms with van der Waals surface area (Å²) in [4.78, 5) is 17.7. The molecule has 1 unspecified atom stereocenters. The predicted molar refractivity (Wildman–Crippen MR) is 103 cm³/mol. The molecule has 136 valence electrons. The number of esters is 1. The predicted octanol–water partition coefficient (Wildman–Crippen LogP) is 5.52. The second-order valence-corrected chi connectivity index (χ2v) is 7.32. The van der Waals surface area contributed by atoms with Gasteiger partial charge in [0, 0.05) is 22.0 Å². The van der Waals surface area contributed by atoms with Gasteiger partial charge in [0.1, 0.15) is 0 Å². The lowest BCUT2D eigenvalue weighted by Gasteiger charge is -2.22. The second kappa shape index (κ2) is 7.29. The van der Waals surface area contributed by atoms with Crippen LogP contribution in [0.4, 0.5) is 0 Å². The van der Waals surface area contributed by atoms with Crippen molar-refractivity contribution in [2.45, 2.75) is 32.8 Å². The number of oxime groups is 1. The van der Waals surface area contributed by atoms with Gasteiger partial charge in [-0.2, -0.15) is 0 Å². The average Bonchev–Trinajstić information content (AvgIpc) is 2.98. The molecule has 0 N–H and O–H groups in total. The van der Waals surface area contributed by atoms with E-state index in [1.54, 1.807) is 19.1 Å². The molecule has 0 saturated carbocycles. The van der Waals surface area contributed by atoms with Crippen molar-refractivity contribution >= 4 is 34.9 Å². The zero-order chi connectivity index (χ0) is 18.9. The Morgan fingerprint density at radius 1 is 1.23 bits per heavy atom. The van der Waals surface area contributed by atoms with Crippen molar-refractivity contribution in [3.63, 3.8) is 0 Å². The number of hydrogen-bond donors (Lipinski definition) is 0. The number of rotatable bonds is 4. The minimum Gasteiger partial charge on any atom is -0.462 e. The third-order valence-corrected chi connectivity index (χ3v) is 4.83. The molecule has 2 aromatic carbocycles. The smallest absolute Gasteiger partial charge is 0.338 e. The van der Waals surface area contributed by atoms with Crippen LogP contribution >= 0.6 is 23.2 Å². The van der Waals surface area contributed by atoms with Crippen LogP contribution in [-0.2, 0) is 15.2 Å². The van der Waals surface area contributed by atoms with Crippen LogP contribution in [-0.4, -0.2) is 18.3 Å². The van der Waals surface area contributed by atoms with Crippen LogP contribution in [0.1, 0.15) is 47.3 Å². The van der Waals surface area contributed by atoms with E-state index in [9.17, 15) is 4.79 Å². The van der Waals surface area contributed by atoms with Gasteiger partial charge < -0.3 is 9.57 Å². The second-order valence-electron chi connectivity index (χ2n) is 6.45. The Hall–Kier alpha value is -2.04. The Morgan fingerprint density at radius 3 is 2.54 bits per heavy atom. The third kappa shape index (κ3) is 3.71. The molecule has 26 heavy (non-hydrogen) atoms. The van der Waals surface area contributed by atoms with Gasteiger partial charge in [0.15, 0.2) is 5.60 Å². The number of hydrogen-bond acceptors (Lipinski definition) is 4. The number of aryl methyl sites for hydroxylation is 1. The molecule has 0 saturated heterocycles. The quantitative estimate of drug-likeness (QED) is 0.644. The summed E-state index contributed by atoms with van der Waals surface area (Å²) in [6.45, 7) is 5.96. The summed E-state index contributed by atoms with van der Waals surface area (Å²) >= 11 is 12.2. The Bertz CT molecular complexity index is 874. The van der Waals surface area contributed by atoms with E-state index >= 15 is 0 Å². The molecule has 1 aliphatic rings. The normalized spacial score (nSPS) is 19.0. The summed E-state index contributed by atoms with van der Waals surface area (Å²) in [6, 6.07) is 10.9. The molecule has 0 aromatic heterocycles. The van der Waals surface area contributed by atoms with Gasteiger partial charge in [0.25, 0.3) is 0 Å². The fraction of sp³-hybridized carbons (Fsp3) is 0.300. The van der Waals surface area contributed by atoms with Gasteiger partial charge in [-0.05, 0) is 62.2 Å². The minimum absolute atomic E-state index is 0.320. The van der Waals surface area contributed by atoms with E-state index in [-0.39, 0.29) is 5.97 Å². The van der Waals surface area contributed by atoms with Gasteiger partial charge in [-0.1, -0.05) is 34.4 Å². The largest absolute Gasteiger partial charge is 0.462 e. The van der Waals surface area contributed by atoms with E-state index in [0.717, 1.165) is 22.4 Å². The summed E-state index contributed by atoms with van der Waals surface area (Å²) < 4.78 is 5.07. The van der Waals surface area contributed by atoms with E-state index in [1.165, 1.54) is 0 Å². The molecular formula is C20H19Cl2NO3. The number of carbonyl (C=O) groups is 1. The Morgan fingerprint density at radius 2 is 1.92 bits per heavy atom. The van der Waals surface area contributed by atoms with E-state index in [0.29, 0.717) is 28.6 Å². The van der Waals surface area contributed by atoms with E-state index < -0.39 is 5.60 Å². The molecular weight excluding hydrogens is 373 g/mol. The molecule has 0 aliphatic carbocycles. The molecule has 6 heteroatoms. The van der Waals surface area contributed by atoms with E-state index in [1.807, 2.05) is 38.1 Å². The first-order chi connectivity index (χ1) is 12.3. The lowest BCUT2D eigenvalue weighted by Crippen LogP contribution is -2.22. The Kier molecular flexibility index (Phi) is 5.26. The zero-order valence-corrected chi connectivity index (χ0v) is 16.3. The maximum Gasteiger partial charge on any atom is 0.338 e. The molecule has 1 heterocycles. The summed E-state index contributed by atoms with van der Waals surface area (Å²) in [7, 11) is 0. The zero-order valence-electron chi connectivity index (χ0n) is 14.8. The molecule has 0 amide bonds. The average molecular weight is 392 g/mol. The van der Waals surface area contributed by atoms with Crippen molar-refractivity contribution in [3.05, 3.63) is 68.7 Å². The minimum atomic E-state index is -0.641. The molecule has 2 aromatic rings. The first kappa shape index (κ1) is 18.7. The van der Waals surface area contributed by atoms with Gasteiger partial charge >= 0.3 is 5.97 Å². The molecule has 1 aliphatic heterocycles. The molecule has 0 bridgehead atoms. The lowest BCUT2D eigenvalue weighted by molar-refractivity contribution is -0.00737. The highest BCUT2D eigenvalue weighted by molar-refractivity contribution is 6.34. The third-order valence-electron chi connectivity index (χ3n) is 4.39. The molecule has 0 radical (unpaired) electrons. The highest BCUT2D eigenvalue weighted by Gasteiger charge is 2.37. The van der Waals surface area contributed by atoms with Crippen LogP contribution in [0.2, 0.25) is 10.0 Å². The topological polar surface area (TPSA) is 47.9 Å². The van der Waals surface area contributed by atoms with Gasteiger partial charge in [-0.15, -0.1) is 0 Å². The van der Waals surface area contributed by atoms with Crippen LogP contribution in [0.3, 0.4) is 0 Å². The van der Waals surface area contributed by atoms with Crippen LogP contribution in [0.25, 0.3) is 0 Å². The van der Waals surface area contributed by atoms with Gasteiger partial charge in [0.2, 0.25) is 0 Å². The SMILES string of the molecule is CCOC(=O)c1ccc(C2=NOC(C)(c3cc(Cl)cc(Cl)c3)C2)cc1C. The van der Waals surface area contributed by atoms with Crippen LogP contribution in [0, 0.1) is 6.92 Å². The van der Waals surface area contributed by atoms with Crippen LogP contribution in [0.5, 0.6) is 0 Å². The van der Waals surface area contributed by atoms with Crippen molar-refractivity contribution in [2.75, 3.05) is 6.61 Å². The number of ether oxygens (including phenoxy) is 1. The lowest BCUT2D eigenvalue weighted by atomic mass is 9.88. The Labute approximate surface area is 162 Å². The number of nitrogens with zero attached hydrogens (tertiary/aromatic N) is 1. The summed E-state index contributed by atoms with van der Waals surface area (Å²) in [5.74, 6) is -0.320. The van der Waals surface area contributed by atoms with Crippen molar-refractivity contribution < 1.29 is 14.4 Å². The monoisotopic (exact) mass is 391 g/mol. The maximum atomic E-state index is 11.9. The standard InChI is InChI=1S/C20H19Cl2NO3/c1-4-25-19(24)17-6-5-13(7-12(17)2)18-11-20(3,26-23-18)14-8-15(21)10-16(22)9-14/h5-10H,4,11H2,1-3H3. The highest BCUT2D eigenvalue weighted by atomic mass is 35.5. The molecule has 0 spiro atoms. The maximum absolute atomic E-state index is 11.9. The van der Waals surface area contributed by atoms with E-state index in [4.69, 9.17) is 32.8 Å². The van der Waals surface area contributed by atoms with Crippen molar-refractivity contribution in [1.82, 2.24) is 0 Å². The first-order valence-electron chi connectivity index (χ1n) is 8.32. The highest BCUT2D eigenvalue weighted by Crippen LogP contribution is 2.38. The van der Waals surface area contributed by atoms with Crippen LogP contribution in [0.15, 0.2) is 41.6 Å². The van der Waals surface area contributed by atoms with Gasteiger partial charge in [-0.25, -0.2) is 4.79 Å². The molecule has 4 nitrogen and oxygen atoms in total. The Balaban J connectivity index is 1.84.